The minimum absolute atomic E-state index is 0.00754. The molecule has 20 heavy (non-hydrogen) atoms. The number of hydrogen-bond acceptors (Lipinski definition) is 4. The van der Waals surface area contributed by atoms with E-state index < -0.39 is 11.8 Å². The highest BCUT2D eigenvalue weighted by atomic mass is 35.5. The second-order valence-electron chi connectivity index (χ2n) is 4.54. The summed E-state index contributed by atoms with van der Waals surface area (Å²) in [6.07, 6.45) is 1.87. The lowest BCUT2D eigenvalue weighted by Gasteiger charge is -2.11. The van der Waals surface area contributed by atoms with Gasteiger partial charge in [0, 0.05) is 18.8 Å². The molecule has 1 fully saturated rings. The second kappa shape index (κ2) is 6.58. The summed E-state index contributed by atoms with van der Waals surface area (Å²) in [5, 5.41) is 5.25. The van der Waals surface area contributed by atoms with E-state index >= 15 is 0 Å². The summed E-state index contributed by atoms with van der Waals surface area (Å²) >= 11 is 5.91. The molecule has 0 saturated carbocycles. The molecule has 1 atom stereocenters. The molecule has 0 aliphatic carbocycles. The smallest absolute Gasteiger partial charge is 0.313 e. The lowest BCUT2D eigenvalue weighted by Crippen LogP contribution is -2.39. The van der Waals surface area contributed by atoms with Crippen molar-refractivity contribution in [3.05, 3.63) is 23.2 Å². The van der Waals surface area contributed by atoms with E-state index in [9.17, 15) is 9.59 Å². The summed E-state index contributed by atoms with van der Waals surface area (Å²) in [5.74, 6) is -1.48. The van der Waals surface area contributed by atoms with Crippen LogP contribution in [0.5, 0.6) is 0 Å². The SMILES string of the molecule is Nc1ccc(NC(=O)C(=O)NCC2CCCO2)c(Cl)c1. The van der Waals surface area contributed by atoms with Gasteiger partial charge >= 0.3 is 11.8 Å². The number of nitrogens with two attached hydrogens (primary N) is 1. The number of carbonyl (C=O) groups is 2. The molecule has 108 valence electrons. The Kier molecular flexibility index (Phi) is 4.81. The lowest BCUT2D eigenvalue weighted by molar-refractivity contribution is -0.136. The van der Waals surface area contributed by atoms with Gasteiger partial charge in [-0.05, 0) is 31.0 Å². The van der Waals surface area contributed by atoms with E-state index in [2.05, 4.69) is 10.6 Å². The van der Waals surface area contributed by atoms with Crippen molar-refractivity contribution >= 4 is 34.8 Å². The van der Waals surface area contributed by atoms with Crippen molar-refractivity contribution in [1.82, 2.24) is 5.32 Å². The van der Waals surface area contributed by atoms with Crippen LogP contribution in [0.15, 0.2) is 18.2 Å². The highest BCUT2D eigenvalue weighted by molar-refractivity contribution is 6.41. The molecule has 6 nitrogen and oxygen atoms in total. The Morgan fingerprint density at radius 3 is 2.85 bits per heavy atom. The van der Waals surface area contributed by atoms with Gasteiger partial charge in [-0.15, -0.1) is 0 Å². The van der Waals surface area contributed by atoms with Gasteiger partial charge in [-0.3, -0.25) is 9.59 Å². The van der Waals surface area contributed by atoms with Crippen molar-refractivity contribution in [3.8, 4) is 0 Å². The zero-order valence-electron chi connectivity index (χ0n) is 10.8. The third-order valence-corrected chi connectivity index (χ3v) is 3.27. The van der Waals surface area contributed by atoms with Gasteiger partial charge in [-0.1, -0.05) is 11.6 Å². The van der Waals surface area contributed by atoms with Gasteiger partial charge in [0.05, 0.1) is 16.8 Å². The summed E-state index contributed by atoms with van der Waals surface area (Å²) in [6, 6.07) is 4.64. The van der Waals surface area contributed by atoms with E-state index in [0.29, 0.717) is 24.5 Å². The highest BCUT2D eigenvalue weighted by Crippen LogP contribution is 2.23. The molecule has 4 N–H and O–H groups in total. The molecule has 1 aliphatic heterocycles. The van der Waals surface area contributed by atoms with E-state index in [4.69, 9.17) is 22.1 Å². The molecule has 1 unspecified atom stereocenters. The van der Waals surface area contributed by atoms with Crippen molar-refractivity contribution < 1.29 is 14.3 Å². The van der Waals surface area contributed by atoms with Gasteiger partial charge in [0.15, 0.2) is 0 Å². The topological polar surface area (TPSA) is 93.5 Å². The van der Waals surface area contributed by atoms with Crippen LogP contribution in [0, 0.1) is 0 Å². The van der Waals surface area contributed by atoms with Crippen LogP contribution in [0.25, 0.3) is 0 Å². The Balaban J connectivity index is 1.85. The third-order valence-electron chi connectivity index (χ3n) is 2.96. The quantitative estimate of drug-likeness (QED) is 0.576. The lowest BCUT2D eigenvalue weighted by atomic mass is 10.2. The molecule has 0 bridgehead atoms. The van der Waals surface area contributed by atoms with Crippen LogP contribution in [-0.4, -0.2) is 31.1 Å². The molecule has 1 saturated heterocycles. The van der Waals surface area contributed by atoms with Gasteiger partial charge in [0.1, 0.15) is 0 Å². The second-order valence-corrected chi connectivity index (χ2v) is 4.95. The van der Waals surface area contributed by atoms with Crippen LogP contribution < -0.4 is 16.4 Å². The molecule has 2 rings (SSSR count). The predicted molar refractivity (Wildman–Crippen MR) is 76.5 cm³/mol. The van der Waals surface area contributed by atoms with Crippen LogP contribution in [0.2, 0.25) is 5.02 Å². The molecule has 2 amide bonds. The van der Waals surface area contributed by atoms with Crippen LogP contribution >= 0.6 is 11.6 Å². The minimum atomic E-state index is -0.769. The van der Waals surface area contributed by atoms with Crippen LogP contribution in [0.1, 0.15) is 12.8 Å². The van der Waals surface area contributed by atoms with E-state index in [1.165, 1.54) is 6.07 Å². The number of hydrogen-bond donors (Lipinski definition) is 3. The Bertz CT molecular complexity index is 516. The molecule has 0 aromatic heterocycles. The summed E-state index contributed by atoms with van der Waals surface area (Å²) in [5.41, 5.74) is 6.37. The normalized spacial score (nSPS) is 17.8. The average Bonchev–Trinajstić information content (AvgIpc) is 2.92. The van der Waals surface area contributed by atoms with E-state index in [-0.39, 0.29) is 11.1 Å². The Morgan fingerprint density at radius 2 is 2.20 bits per heavy atom. The molecule has 0 radical (unpaired) electrons. The monoisotopic (exact) mass is 297 g/mol. The molecule has 1 aromatic carbocycles. The van der Waals surface area contributed by atoms with Crippen LogP contribution in [-0.2, 0) is 14.3 Å². The van der Waals surface area contributed by atoms with Crippen LogP contribution in [0.3, 0.4) is 0 Å². The first kappa shape index (κ1) is 14.6. The summed E-state index contributed by atoms with van der Waals surface area (Å²) in [6.45, 7) is 1.04. The molecule has 1 heterocycles. The molecule has 1 aromatic rings. The maximum atomic E-state index is 11.7. The van der Waals surface area contributed by atoms with Gasteiger partial charge < -0.3 is 21.1 Å². The first-order valence-corrected chi connectivity index (χ1v) is 6.70. The van der Waals surface area contributed by atoms with Gasteiger partial charge in [0.25, 0.3) is 0 Å². The zero-order chi connectivity index (χ0) is 14.5. The van der Waals surface area contributed by atoms with Gasteiger partial charge in [0.2, 0.25) is 0 Å². The molecule has 1 aliphatic rings. The number of amides is 2. The first-order valence-electron chi connectivity index (χ1n) is 6.32. The Morgan fingerprint density at radius 1 is 1.40 bits per heavy atom. The zero-order valence-corrected chi connectivity index (χ0v) is 11.6. The fourth-order valence-corrected chi connectivity index (χ4v) is 2.14. The van der Waals surface area contributed by atoms with Crippen molar-refractivity contribution in [2.45, 2.75) is 18.9 Å². The van der Waals surface area contributed by atoms with Crippen molar-refractivity contribution in [2.75, 3.05) is 24.2 Å². The van der Waals surface area contributed by atoms with E-state index in [0.717, 1.165) is 12.8 Å². The van der Waals surface area contributed by atoms with Crippen LogP contribution in [0.4, 0.5) is 11.4 Å². The molecule has 7 heteroatoms. The maximum absolute atomic E-state index is 11.7. The van der Waals surface area contributed by atoms with Gasteiger partial charge in [-0.25, -0.2) is 0 Å². The minimum Gasteiger partial charge on any atom is -0.399 e. The number of carbonyl (C=O) groups excluding carboxylic acids is 2. The largest absolute Gasteiger partial charge is 0.399 e. The summed E-state index contributed by atoms with van der Waals surface area (Å²) in [4.78, 5) is 23.3. The number of nitrogens with one attached hydrogen (secondary N) is 2. The number of anilines is 2. The number of halogens is 1. The van der Waals surface area contributed by atoms with Gasteiger partial charge in [-0.2, -0.15) is 0 Å². The predicted octanol–water partition coefficient (Wildman–Crippen LogP) is 1.16. The van der Waals surface area contributed by atoms with Crippen molar-refractivity contribution in [1.29, 1.82) is 0 Å². The Hall–Kier alpha value is -1.79. The number of nitrogen functional groups attached to an aromatic ring is 1. The van der Waals surface area contributed by atoms with Crippen molar-refractivity contribution in [2.24, 2.45) is 0 Å². The number of rotatable bonds is 3. The van der Waals surface area contributed by atoms with Crippen molar-refractivity contribution in [3.63, 3.8) is 0 Å². The fraction of sp³-hybridized carbons (Fsp3) is 0.385. The first-order chi connectivity index (χ1) is 9.56. The molecule has 0 spiro atoms. The molecular formula is C13H16ClN3O3. The highest BCUT2D eigenvalue weighted by Gasteiger charge is 2.19. The number of benzene rings is 1. The summed E-state index contributed by atoms with van der Waals surface area (Å²) in [7, 11) is 0. The Labute approximate surface area is 121 Å². The number of ether oxygens (including phenoxy) is 1. The third kappa shape index (κ3) is 3.85. The standard InChI is InChI=1S/C13H16ClN3O3/c14-10-6-8(15)3-4-11(10)17-13(19)12(18)16-7-9-2-1-5-20-9/h3-4,6,9H,1-2,5,7,15H2,(H,16,18)(H,17,19). The van der Waals surface area contributed by atoms with E-state index in [1.807, 2.05) is 0 Å². The average molecular weight is 298 g/mol. The van der Waals surface area contributed by atoms with E-state index in [1.54, 1.807) is 12.1 Å². The fourth-order valence-electron chi connectivity index (χ4n) is 1.90. The molecular weight excluding hydrogens is 282 g/mol. The summed E-state index contributed by atoms with van der Waals surface area (Å²) < 4.78 is 5.35. The maximum Gasteiger partial charge on any atom is 0.313 e.